The van der Waals surface area contributed by atoms with Gasteiger partial charge >= 0.3 is 0 Å². The number of nitrogens with one attached hydrogen (secondary N) is 1. The highest BCUT2D eigenvalue weighted by molar-refractivity contribution is 9.13. The highest BCUT2D eigenvalue weighted by Crippen LogP contribution is 2.42. The Bertz CT molecular complexity index is 1080. The van der Waals surface area contributed by atoms with Crippen LogP contribution in [0.25, 0.3) is 6.08 Å². The summed E-state index contributed by atoms with van der Waals surface area (Å²) in [7, 11) is 1.41. The molecule has 0 saturated carbocycles. The van der Waals surface area contributed by atoms with Gasteiger partial charge in [0.2, 0.25) is 0 Å². The molecule has 2 amide bonds. The number of aromatic hydroxyl groups is 1. The highest BCUT2D eigenvalue weighted by atomic mass is 79.9. The van der Waals surface area contributed by atoms with Crippen molar-refractivity contribution in [2.24, 2.45) is 0 Å². The molecule has 0 unspecified atom stereocenters. The second-order valence-corrected chi connectivity index (χ2v) is 8.42. The Morgan fingerprint density at radius 3 is 2.31 bits per heavy atom. The number of methoxy groups -OCH3 is 1. The lowest BCUT2D eigenvalue weighted by molar-refractivity contribution is -0.122. The van der Waals surface area contributed by atoms with Gasteiger partial charge in [0.05, 0.1) is 17.3 Å². The van der Waals surface area contributed by atoms with E-state index in [1.54, 1.807) is 0 Å². The summed E-state index contributed by atoms with van der Waals surface area (Å²) >= 11 is 11.9. The molecule has 2 aromatic rings. The van der Waals surface area contributed by atoms with Crippen molar-refractivity contribution >= 4 is 72.8 Å². The van der Waals surface area contributed by atoms with Crippen LogP contribution in [0.2, 0.25) is 0 Å². The van der Waals surface area contributed by atoms with Gasteiger partial charge < -0.3 is 9.84 Å². The molecule has 0 aliphatic carbocycles. The van der Waals surface area contributed by atoms with Crippen molar-refractivity contribution in [2.75, 3.05) is 12.0 Å². The highest BCUT2D eigenvalue weighted by Gasteiger charge is 2.35. The number of ether oxygens (including phenoxy) is 1. The van der Waals surface area contributed by atoms with E-state index in [2.05, 4.69) is 37.2 Å². The molecule has 1 aliphatic heterocycles. The molecule has 1 aliphatic rings. The first-order valence-electron chi connectivity index (χ1n) is 8.38. The van der Waals surface area contributed by atoms with Crippen LogP contribution in [0.1, 0.15) is 16.7 Å². The second-order valence-electron chi connectivity index (χ2n) is 6.45. The van der Waals surface area contributed by atoms with Crippen molar-refractivity contribution in [1.82, 2.24) is 5.32 Å². The van der Waals surface area contributed by atoms with Crippen LogP contribution in [-0.2, 0) is 9.59 Å². The van der Waals surface area contributed by atoms with Crippen LogP contribution in [0, 0.1) is 13.8 Å². The third kappa shape index (κ3) is 4.08. The van der Waals surface area contributed by atoms with Crippen molar-refractivity contribution in [1.29, 1.82) is 0 Å². The fourth-order valence-corrected chi connectivity index (χ4v) is 4.12. The average Bonchev–Trinajstić information content (AvgIpc) is 2.64. The largest absolute Gasteiger partial charge is 0.503 e. The Labute approximate surface area is 189 Å². The SMILES string of the molecule is COc1cc(/C=C2\C(=O)NC(=S)N(c3cc(C)cc(C)c3)C2=O)c(Br)c(Br)c1O. The van der Waals surface area contributed by atoms with Crippen LogP contribution in [-0.4, -0.2) is 29.1 Å². The maximum Gasteiger partial charge on any atom is 0.270 e. The number of nitrogens with zero attached hydrogens (tertiary/aromatic N) is 1. The first-order chi connectivity index (χ1) is 13.6. The summed E-state index contributed by atoms with van der Waals surface area (Å²) in [6.45, 7) is 3.83. The van der Waals surface area contributed by atoms with Gasteiger partial charge in [-0.05, 0) is 98.9 Å². The van der Waals surface area contributed by atoms with E-state index >= 15 is 0 Å². The molecule has 0 bridgehead atoms. The maximum absolute atomic E-state index is 13.2. The lowest BCUT2D eigenvalue weighted by Crippen LogP contribution is -2.54. The Kier molecular flexibility index (Phi) is 6.11. The van der Waals surface area contributed by atoms with Crippen molar-refractivity contribution in [3.63, 3.8) is 0 Å². The number of phenolic OH excluding ortho intramolecular Hbond substituents is 1. The molecule has 0 aromatic heterocycles. The van der Waals surface area contributed by atoms with Crippen LogP contribution in [0.3, 0.4) is 0 Å². The standard InChI is InChI=1S/C20H16Br2N2O4S/c1-9-4-10(2)6-12(5-9)24-19(27)13(18(26)23-20(24)29)7-11-8-14(28-3)17(25)16(22)15(11)21/h4-8,25H,1-3H3,(H,23,26,29)/b13-7+. The number of carbonyl (C=O) groups excluding carboxylic acids is 2. The van der Waals surface area contributed by atoms with E-state index in [9.17, 15) is 14.7 Å². The smallest absolute Gasteiger partial charge is 0.270 e. The summed E-state index contributed by atoms with van der Waals surface area (Å²) in [5.41, 5.74) is 2.88. The zero-order chi connectivity index (χ0) is 21.5. The molecule has 150 valence electrons. The number of amides is 2. The molecule has 2 N–H and O–H groups in total. The van der Waals surface area contributed by atoms with Crippen LogP contribution >= 0.6 is 44.1 Å². The van der Waals surface area contributed by atoms with Gasteiger partial charge in [0.15, 0.2) is 16.6 Å². The maximum atomic E-state index is 13.2. The van der Waals surface area contributed by atoms with Crippen LogP contribution in [0.4, 0.5) is 5.69 Å². The van der Waals surface area contributed by atoms with Crippen LogP contribution < -0.4 is 15.0 Å². The second kappa shape index (κ2) is 8.25. The molecule has 29 heavy (non-hydrogen) atoms. The van der Waals surface area contributed by atoms with Crippen LogP contribution in [0.15, 0.2) is 38.8 Å². The number of hydrogen-bond donors (Lipinski definition) is 2. The Morgan fingerprint density at radius 2 is 1.72 bits per heavy atom. The van der Waals surface area contributed by atoms with Gasteiger partial charge in [-0.1, -0.05) is 6.07 Å². The van der Waals surface area contributed by atoms with Crippen molar-refractivity contribution < 1.29 is 19.4 Å². The molecule has 3 rings (SSSR count). The van der Waals surface area contributed by atoms with Gasteiger partial charge in [-0.3, -0.25) is 19.8 Å². The number of phenols is 1. The minimum absolute atomic E-state index is 0.0192. The summed E-state index contributed by atoms with van der Waals surface area (Å²) in [6, 6.07) is 7.14. The lowest BCUT2D eigenvalue weighted by Gasteiger charge is -2.29. The molecule has 9 heteroatoms. The number of rotatable bonds is 3. The van der Waals surface area contributed by atoms with E-state index in [-0.39, 0.29) is 22.2 Å². The fraction of sp³-hybridized carbons (Fsp3) is 0.150. The molecule has 0 spiro atoms. The Balaban J connectivity index is 2.12. The predicted molar refractivity (Wildman–Crippen MR) is 122 cm³/mol. The average molecular weight is 540 g/mol. The molecular weight excluding hydrogens is 524 g/mol. The number of benzene rings is 2. The van der Waals surface area contributed by atoms with Gasteiger partial charge in [-0.2, -0.15) is 0 Å². The van der Waals surface area contributed by atoms with Gasteiger partial charge in [-0.15, -0.1) is 0 Å². The van der Waals surface area contributed by atoms with Crippen molar-refractivity contribution in [3.05, 3.63) is 55.5 Å². The summed E-state index contributed by atoms with van der Waals surface area (Å²) < 4.78 is 5.96. The number of aryl methyl sites for hydroxylation is 2. The van der Waals surface area contributed by atoms with E-state index < -0.39 is 11.8 Å². The van der Waals surface area contributed by atoms with Gasteiger partial charge in [0.25, 0.3) is 11.8 Å². The molecule has 2 aromatic carbocycles. The van der Waals surface area contributed by atoms with E-state index in [0.29, 0.717) is 20.2 Å². The number of anilines is 1. The fourth-order valence-electron chi connectivity index (χ4n) is 3.00. The zero-order valence-electron chi connectivity index (χ0n) is 15.7. The normalized spacial score (nSPS) is 15.7. The lowest BCUT2D eigenvalue weighted by atomic mass is 10.1. The first-order valence-corrected chi connectivity index (χ1v) is 10.4. The minimum Gasteiger partial charge on any atom is -0.503 e. The minimum atomic E-state index is -0.601. The molecule has 0 atom stereocenters. The van der Waals surface area contributed by atoms with Crippen LogP contribution in [0.5, 0.6) is 11.5 Å². The third-order valence-corrected chi connectivity index (χ3v) is 6.70. The quantitative estimate of drug-likeness (QED) is 0.344. The van der Waals surface area contributed by atoms with Crippen molar-refractivity contribution in [3.8, 4) is 11.5 Å². The topological polar surface area (TPSA) is 78.9 Å². The van der Waals surface area contributed by atoms with E-state index in [1.807, 2.05) is 32.0 Å². The Hall–Kier alpha value is -2.23. The third-order valence-electron chi connectivity index (χ3n) is 4.26. The number of hydrogen-bond acceptors (Lipinski definition) is 5. The molecule has 1 fully saturated rings. The zero-order valence-corrected chi connectivity index (χ0v) is 19.7. The summed E-state index contributed by atoms with van der Waals surface area (Å²) in [4.78, 5) is 27.0. The summed E-state index contributed by atoms with van der Waals surface area (Å²) in [5.74, 6) is -1.05. The number of carbonyl (C=O) groups is 2. The van der Waals surface area contributed by atoms with Gasteiger partial charge in [-0.25, -0.2) is 0 Å². The molecule has 0 radical (unpaired) electrons. The summed E-state index contributed by atoms with van der Waals surface area (Å²) in [6.07, 6.45) is 1.42. The van der Waals surface area contributed by atoms with E-state index in [1.165, 1.54) is 24.2 Å². The first kappa shape index (κ1) is 21.5. The molecule has 1 saturated heterocycles. The van der Waals surface area contributed by atoms with Gasteiger partial charge in [0, 0.05) is 4.47 Å². The van der Waals surface area contributed by atoms with Crippen molar-refractivity contribution in [2.45, 2.75) is 13.8 Å². The molecule has 6 nitrogen and oxygen atoms in total. The van der Waals surface area contributed by atoms with Gasteiger partial charge in [0.1, 0.15) is 5.57 Å². The monoisotopic (exact) mass is 538 g/mol. The Morgan fingerprint density at radius 1 is 1.10 bits per heavy atom. The molecular formula is C20H16Br2N2O4S. The summed E-state index contributed by atoms with van der Waals surface area (Å²) in [5, 5.41) is 12.7. The number of thiocarbonyl (C=S) groups is 1. The van der Waals surface area contributed by atoms with E-state index in [4.69, 9.17) is 17.0 Å². The van der Waals surface area contributed by atoms with E-state index in [0.717, 1.165) is 11.1 Å². The molecule has 1 heterocycles. The number of halogens is 2. The predicted octanol–water partition coefficient (Wildman–Crippen LogP) is 4.37.